The van der Waals surface area contributed by atoms with Crippen LogP contribution < -0.4 is 0 Å². The van der Waals surface area contributed by atoms with Crippen LogP contribution in [0.2, 0.25) is 0 Å². The summed E-state index contributed by atoms with van der Waals surface area (Å²) in [6, 6.07) is 0. The van der Waals surface area contributed by atoms with Gasteiger partial charge in [-0.1, -0.05) is 38.1 Å². The third-order valence-corrected chi connectivity index (χ3v) is 5.30. The van der Waals surface area contributed by atoms with Crippen LogP contribution in [0.25, 0.3) is 0 Å². The normalized spacial score (nSPS) is 28.9. The number of carbonyl (C=O) groups is 1. The SMILES string of the molecule is C=CCON=C(CCC)C1=C(O)C(C)C2(CCSC2)OC1=O. The number of thioether (sulfide) groups is 1. The number of esters is 1. The van der Waals surface area contributed by atoms with Gasteiger partial charge in [-0.2, -0.15) is 11.8 Å². The van der Waals surface area contributed by atoms with Crippen LogP contribution in [0.4, 0.5) is 0 Å². The lowest BCUT2D eigenvalue weighted by molar-refractivity contribution is -0.160. The van der Waals surface area contributed by atoms with Crippen molar-refractivity contribution in [3.8, 4) is 0 Å². The average Bonchev–Trinajstić information content (AvgIpc) is 2.95. The lowest BCUT2D eigenvalue weighted by Crippen LogP contribution is -2.47. The molecule has 1 spiro atoms. The highest BCUT2D eigenvalue weighted by atomic mass is 32.2. The van der Waals surface area contributed by atoms with Gasteiger partial charge >= 0.3 is 5.97 Å². The number of rotatable bonds is 6. The van der Waals surface area contributed by atoms with E-state index >= 15 is 0 Å². The van der Waals surface area contributed by atoms with Crippen molar-refractivity contribution < 1.29 is 19.5 Å². The molecule has 2 aliphatic rings. The Morgan fingerprint density at radius 3 is 3.05 bits per heavy atom. The monoisotopic (exact) mass is 325 g/mol. The first-order valence-corrected chi connectivity index (χ1v) is 8.75. The fraction of sp³-hybridized carbons (Fsp3) is 0.625. The number of ether oxygens (including phenoxy) is 1. The average molecular weight is 325 g/mol. The maximum atomic E-state index is 12.5. The van der Waals surface area contributed by atoms with E-state index < -0.39 is 11.6 Å². The predicted molar refractivity (Wildman–Crippen MR) is 88.1 cm³/mol. The van der Waals surface area contributed by atoms with Crippen LogP contribution in [0, 0.1) is 5.92 Å². The molecule has 1 saturated heterocycles. The molecule has 0 saturated carbocycles. The van der Waals surface area contributed by atoms with Gasteiger partial charge in [0.2, 0.25) is 0 Å². The number of oxime groups is 1. The molecule has 5 nitrogen and oxygen atoms in total. The van der Waals surface area contributed by atoms with Crippen LogP contribution in [0.15, 0.2) is 29.1 Å². The van der Waals surface area contributed by atoms with E-state index in [4.69, 9.17) is 9.57 Å². The van der Waals surface area contributed by atoms with Crippen LogP contribution in [0.5, 0.6) is 0 Å². The number of nitrogens with zero attached hydrogens (tertiary/aromatic N) is 1. The molecule has 22 heavy (non-hydrogen) atoms. The molecule has 0 radical (unpaired) electrons. The molecule has 2 heterocycles. The molecular weight excluding hydrogens is 302 g/mol. The Kier molecular flexibility index (Phi) is 5.56. The van der Waals surface area contributed by atoms with E-state index in [1.165, 1.54) is 0 Å². The van der Waals surface area contributed by atoms with E-state index in [1.54, 1.807) is 17.8 Å². The van der Waals surface area contributed by atoms with Gasteiger partial charge in [-0.25, -0.2) is 4.79 Å². The first kappa shape index (κ1) is 16.9. The molecule has 6 heteroatoms. The quantitative estimate of drug-likeness (QED) is 0.267. The van der Waals surface area contributed by atoms with Crippen molar-refractivity contribution in [3.63, 3.8) is 0 Å². The molecule has 0 aromatic carbocycles. The zero-order valence-corrected chi connectivity index (χ0v) is 13.9. The van der Waals surface area contributed by atoms with Crippen molar-refractivity contribution in [2.24, 2.45) is 11.1 Å². The highest BCUT2D eigenvalue weighted by molar-refractivity contribution is 7.99. The minimum atomic E-state index is -0.575. The van der Waals surface area contributed by atoms with Crippen molar-refractivity contribution >= 4 is 23.4 Å². The molecular formula is C16H23NO4S. The Morgan fingerprint density at radius 1 is 1.68 bits per heavy atom. The third kappa shape index (κ3) is 3.16. The van der Waals surface area contributed by atoms with Gasteiger partial charge in [-0.15, -0.1) is 0 Å². The Hall–Kier alpha value is -1.43. The molecule has 2 atom stereocenters. The summed E-state index contributed by atoms with van der Waals surface area (Å²) in [7, 11) is 0. The number of carbonyl (C=O) groups excluding carboxylic acids is 1. The largest absolute Gasteiger partial charge is 0.511 e. The van der Waals surface area contributed by atoms with E-state index in [9.17, 15) is 9.90 Å². The second kappa shape index (κ2) is 7.22. The number of aliphatic hydroxyl groups is 1. The molecule has 122 valence electrons. The molecule has 1 N–H and O–H groups in total. The second-order valence-electron chi connectivity index (χ2n) is 5.61. The standard InChI is InChI=1S/C16H23NO4S/c1-4-6-12(17-20-8-5-2)13-14(18)11(3)16(21-15(13)19)7-9-22-10-16/h5,11,18H,2,4,6-10H2,1,3H3. The van der Waals surface area contributed by atoms with Crippen LogP contribution >= 0.6 is 11.8 Å². The van der Waals surface area contributed by atoms with Crippen LogP contribution in [-0.4, -0.2) is 40.5 Å². The summed E-state index contributed by atoms with van der Waals surface area (Å²) < 4.78 is 5.73. The Balaban J connectivity index is 2.34. The lowest BCUT2D eigenvalue weighted by Gasteiger charge is -2.38. The van der Waals surface area contributed by atoms with Gasteiger partial charge in [0.15, 0.2) is 0 Å². The summed E-state index contributed by atoms with van der Waals surface area (Å²) in [5.41, 5.74) is 0.0365. The summed E-state index contributed by atoms with van der Waals surface area (Å²) in [5.74, 6) is 1.03. The fourth-order valence-corrected chi connectivity index (χ4v) is 4.20. The first-order chi connectivity index (χ1) is 10.6. The Bertz CT molecular complexity index is 506. The van der Waals surface area contributed by atoms with Crippen LogP contribution in [0.3, 0.4) is 0 Å². The lowest BCUT2D eigenvalue weighted by atomic mass is 9.81. The van der Waals surface area contributed by atoms with Gasteiger partial charge in [-0.3, -0.25) is 0 Å². The first-order valence-electron chi connectivity index (χ1n) is 7.60. The molecule has 2 aliphatic heterocycles. The minimum Gasteiger partial charge on any atom is -0.511 e. The zero-order chi connectivity index (χ0) is 16.2. The molecule has 1 fully saturated rings. The van der Waals surface area contributed by atoms with Gasteiger partial charge in [0, 0.05) is 5.75 Å². The maximum Gasteiger partial charge on any atom is 0.344 e. The third-order valence-electron chi connectivity index (χ3n) is 4.11. The summed E-state index contributed by atoms with van der Waals surface area (Å²) in [6.07, 6.45) is 3.68. The summed E-state index contributed by atoms with van der Waals surface area (Å²) in [5, 5.41) is 14.6. The van der Waals surface area contributed by atoms with Crippen molar-refractivity contribution in [2.45, 2.75) is 38.7 Å². The molecule has 2 unspecified atom stereocenters. The van der Waals surface area contributed by atoms with Gasteiger partial charge in [0.1, 0.15) is 23.5 Å². The van der Waals surface area contributed by atoms with Crippen molar-refractivity contribution in [2.75, 3.05) is 18.1 Å². The topological polar surface area (TPSA) is 68.1 Å². The maximum absolute atomic E-state index is 12.5. The molecule has 0 bridgehead atoms. The van der Waals surface area contributed by atoms with E-state index in [0.29, 0.717) is 12.1 Å². The minimum absolute atomic E-state index is 0.0770. The molecule has 2 rings (SSSR count). The van der Waals surface area contributed by atoms with Crippen LogP contribution in [0.1, 0.15) is 33.1 Å². The molecule has 0 amide bonds. The predicted octanol–water partition coefficient (Wildman–Crippen LogP) is 3.23. The smallest absolute Gasteiger partial charge is 0.344 e. The van der Waals surface area contributed by atoms with Crippen molar-refractivity contribution in [1.29, 1.82) is 0 Å². The van der Waals surface area contributed by atoms with E-state index in [1.807, 2.05) is 13.8 Å². The number of aliphatic hydroxyl groups excluding tert-OH is 1. The number of hydrogen-bond acceptors (Lipinski definition) is 6. The van der Waals surface area contributed by atoms with E-state index in [2.05, 4.69) is 11.7 Å². The second-order valence-corrected chi connectivity index (χ2v) is 6.72. The van der Waals surface area contributed by atoms with Gasteiger partial charge in [-0.05, 0) is 18.6 Å². The Morgan fingerprint density at radius 2 is 2.45 bits per heavy atom. The van der Waals surface area contributed by atoms with E-state index in [0.717, 1.165) is 24.3 Å². The highest BCUT2D eigenvalue weighted by Crippen LogP contribution is 2.44. The summed E-state index contributed by atoms with van der Waals surface area (Å²) in [6.45, 7) is 7.70. The highest BCUT2D eigenvalue weighted by Gasteiger charge is 2.50. The Labute approximate surface area is 135 Å². The van der Waals surface area contributed by atoms with Crippen molar-refractivity contribution in [3.05, 3.63) is 24.0 Å². The van der Waals surface area contributed by atoms with Crippen molar-refractivity contribution in [1.82, 2.24) is 0 Å². The summed E-state index contributed by atoms with van der Waals surface area (Å²) >= 11 is 1.75. The zero-order valence-electron chi connectivity index (χ0n) is 13.1. The van der Waals surface area contributed by atoms with Gasteiger partial charge in [0.25, 0.3) is 0 Å². The molecule has 0 aromatic rings. The van der Waals surface area contributed by atoms with Gasteiger partial charge < -0.3 is 14.7 Å². The molecule has 0 aromatic heterocycles. The fourth-order valence-electron chi connectivity index (χ4n) is 2.76. The summed E-state index contributed by atoms with van der Waals surface area (Å²) in [4.78, 5) is 17.6. The van der Waals surface area contributed by atoms with Gasteiger partial charge in [0.05, 0.1) is 11.6 Å². The van der Waals surface area contributed by atoms with Crippen LogP contribution in [-0.2, 0) is 14.4 Å². The molecule has 0 aliphatic carbocycles. The van der Waals surface area contributed by atoms with E-state index in [-0.39, 0.29) is 23.9 Å². The number of hydrogen-bond donors (Lipinski definition) is 1.